The number of methoxy groups -OCH3 is 1. The summed E-state index contributed by atoms with van der Waals surface area (Å²) >= 11 is 11.9. The zero-order valence-electron chi connectivity index (χ0n) is 11.5. The monoisotopic (exact) mass is 323 g/mol. The number of rotatable bonds is 5. The third-order valence-corrected chi connectivity index (χ3v) is 3.60. The molecule has 0 heterocycles. The van der Waals surface area contributed by atoms with E-state index in [4.69, 9.17) is 27.9 Å². The smallest absolute Gasteiger partial charge is 0.224 e. The van der Waals surface area contributed by atoms with Crippen molar-refractivity contribution in [2.75, 3.05) is 12.4 Å². The molecule has 3 nitrogen and oxygen atoms in total. The predicted octanol–water partition coefficient (Wildman–Crippen LogP) is 4.57. The van der Waals surface area contributed by atoms with Crippen LogP contribution in [0.15, 0.2) is 42.5 Å². The lowest BCUT2D eigenvalue weighted by Crippen LogP contribution is -2.12. The van der Waals surface area contributed by atoms with E-state index in [1.54, 1.807) is 43.5 Å². The van der Waals surface area contributed by atoms with Crippen molar-refractivity contribution in [3.05, 3.63) is 58.1 Å². The van der Waals surface area contributed by atoms with Crippen molar-refractivity contribution in [1.82, 2.24) is 0 Å². The highest BCUT2D eigenvalue weighted by atomic mass is 35.5. The summed E-state index contributed by atoms with van der Waals surface area (Å²) in [4.78, 5) is 11.9. The fourth-order valence-corrected chi connectivity index (χ4v) is 2.37. The summed E-state index contributed by atoms with van der Waals surface area (Å²) in [5.41, 5.74) is 1.65. The van der Waals surface area contributed by atoms with Crippen molar-refractivity contribution < 1.29 is 9.53 Å². The van der Waals surface area contributed by atoms with Gasteiger partial charge < -0.3 is 10.1 Å². The summed E-state index contributed by atoms with van der Waals surface area (Å²) in [5, 5.41) is 4.00. The number of ether oxygens (including phenoxy) is 1. The molecule has 0 bridgehead atoms. The maximum Gasteiger partial charge on any atom is 0.224 e. The molecular formula is C16H15Cl2NO2. The standard InChI is InChI=1S/C16H15Cl2NO2/c1-21-14-7-5-13(6-8-14)19-16(20)9-3-11-2-4-12(17)10-15(11)18/h2,4-8,10H,3,9H2,1H3,(H,19,20). The largest absolute Gasteiger partial charge is 0.497 e. The molecule has 2 rings (SSSR count). The molecule has 2 aromatic rings. The molecule has 0 aliphatic carbocycles. The topological polar surface area (TPSA) is 38.3 Å². The molecular weight excluding hydrogens is 309 g/mol. The van der Waals surface area contributed by atoms with Gasteiger partial charge in [-0.15, -0.1) is 0 Å². The van der Waals surface area contributed by atoms with Crippen molar-refractivity contribution in [2.45, 2.75) is 12.8 Å². The van der Waals surface area contributed by atoms with Crippen molar-refractivity contribution >= 4 is 34.8 Å². The van der Waals surface area contributed by atoms with Crippen molar-refractivity contribution in [3.8, 4) is 5.75 Å². The molecule has 2 aromatic carbocycles. The van der Waals surface area contributed by atoms with E-state index in [0.29, 0.717) is 22.9 Å². The van der Waals surface area contributed by atoms with Gasteiger partial charge in [-0.2, -0.15) is 0 Å². The van der Waals surface area contributed by atoms with Crippen LogP contribution in [0.4, 0.5) is 5.69 Å². The number of amides is 1. The van der Waals surface area contributed by atoms with Gasteiger partial charge >= 0.3 is 0 Å². The molecule has 0 saturated heterocycles. The Morgan fingerprint density at radius 1 is 1.14 bits per heavy atom. The van der Waals surface area contributed by atoms with E-state index in [1.165, 1.54) is 0 Å². The van der Waals surface area contributed by atoms with Gasteiger partial charge in [0, 0.05) is 22.2 Å². The zero-order chi connectivity index (χ0) is 15.2. The van der Waals surface area contributed by atoms with Crippen LogP contribution in [-0.4, -0.2) is 13.0 Å². The van der Waals surface area contributed by atoms with E-state index in [2.05, 4.69) is 5.32 Å². The second-order valence-corrected chi connectivity index (χ2v) is 5.36. The summed E-state index contributed by atoms with van der Waals surface area (Å²) in [5.74, 6) is 0.687. The maximum absolute atomic E-state index is 11.9. The number of halogens is 2. The van der Waals surface area contributed by atoms with Gasteiger partial charge in [0.15, 0.2) is 0 Å². The highest BCUT2D eigenvalue weighted by Gasteiger charge is 2.06. The number of nitrogens with one attached hydrogen (secondary N) is 1. The molecule has 0 aliphatic heterocycles. The van der Waals surface area contributed by atoms with Crippen LogP contribution in [0, 0.1) is 0 Å². The Morgan fingerprint density at radius 3 is 2.48 bits per heavy atom. The van der Waals surface area contributed by atoms with Crippen molar-refractivity contribution in [1.29, 1.82) is 0 Å². The van der Waals surface area contributed by atoms with E-state index in [-0.39, 0.29) is 5.91 Å². The lowest BCUT2D eigenvalue weighted by molar-refractivity contribution is -0.116. The summed E-state index contributed by atoms with van der Waals surface area (Å²) in [6.07, 6.45) is 0.922. The number of carbonyl (C=O) groups is 1. The number of carbonyl (C=O) groups excluding carboxylic acids is 1. The molecule has 0 saturated carbocycles. The quantitative estimate of drug-likeness (QED) is 0.875. The Morgan fingerprint density at radius 2 is 1.86 bits per heavy atom. The molecule has 0 aliphatic rings. The van der Waals surface area contributed by atoms with Gasteiger partial charge in [-0.1, -0.05) is 29.3 Å². The lowest BCUT2D eigenvalue weighted by Gasteiger charge is -2.07. The van der Waals surface area contributed by atoms with E-state index >= 15 is 0 Å². The van der Waals surface area contributed by atoms with Gasteiger partial charge in [0.1, 0.15) is 5.75 Å². The van der Waals surface area contributed by atoms with Crippen molar-refractivity contribution in [2.24, 2.45) is 0 Å². The highest BCUT2D eigenvalue weighted by molar-refractivity contribution is 6.35. The van der Waals surface area contributed by atoms with Crippen LogP contribution in [-0.2, 0) is 11.2 Å². The number of aryl methyl sites for hydroxylation is 1. The fourth-order valence-electron chi connectivity index (χ4n) is 1.87. The molecule has 110 valence electrons. The van der Waals surface area contributed by atoms with Crippen LogP contribution < -0.4 is 10.1 Å². The average molecular weight is 324 g/mol. The Kier molecular flexibility index (Phi) is 5.48. The van der Waals surface area contributed by atoms with Gasteiger partial charge in [0.05, 0.1) is 7.11 Å². The van der Waals surface area contributed by atoms with Gasteiger partial charge in [-0.05, 0) is 48.4 Å². The van der Waals surface area contributed by atoms with Gasteiger partial charge in [0.2, 0.25) is 5.91 Å². The molecule has 1 amide bonds. The van der Waals surface area contributed by atoms with Crippen LogP contribution in [0.1, 0.15) is 12.0 Å². The Hall–Kier alpha value is -1.71. The SMILES string of the molecule is COc1ccc(NC(=O)CCc2ccc(Cl)cc2Cl)cc1. The molecule has 0 atom stereocenters. The summed E-state index contributed by atoms with van der Waals surface area (Å²) in [6, 6.07) is 12.5. The number of hydrogen-bond acceptors (Lipinski definition) is 2. The van der Waals surface area contributed by atoms with E-state index < -0.39 is 0 Å². The number of benzene rings is 2. The highest BCUT2D eigenvalue weighted by Crippen LogP contribution is 2.22. The summed E-state index contributed by atoms with van der Waals surface area (Å²) in [7, 11) is 1.60. The molecule has 0 aromatic heterocycles. The van der Waals surface area contributed by atoms with E-state index in [9.17, 15) is 4.79 Å². The first-order valence-corrected chi connectivity index (χ1v) is 7.22. The molecule has 5 heteroatoms. The molecule has 0 spiro atoms. The van der Waals surface area contributed by atoms with E-state index in [0.717, 1.165) is 17.0 Å². The normalized spacial score (nSPS) is 10.2. The first-order chi connectivity index (χ1) is 10.1. The third kappa shape index (κ3) is 4.66. The van der Waals surface area contributed by atoms with Crippen LogP contribution in [0.2, 0.25) is 10.0 Å². The molecule has 1 N–H and O–H groups in total. The van der Waals surface area contributed by atoms with Gasteiger partial charge in [-0.25, -0.2) is 0 Å². The zero-order valence-corrected chi connectivity index (χ0v) is 13.0. The minimum Gasteiger partial charge on any atom is -0.497 e. The average Bonchev–Trinajstić information content (AvgIpc) is 2.47. The van der Waals surface area contributed by atoms with E-state index in [1.807, 2.05) is 6.07 Å². The van der Waals surface area contributed by atoms with Gasteiger partial charge in [-0.3, -0.25) is 4.79 Å². The predicted molar refractivity (Wildman–Crippen MR) is 86.4 cm³/mol. The second kappa shape index (κ2) is 7.34. The van der Waals surface area contributed by atoms with Crippen molar-refractivity contribution in [3.63, 3.8) is 0 Å². The van der Waals surface area contributed by atoms with Crippen LogP contribution in [0.5, 0.6) is 5.75 Å². The maximum atomic E-state index is 11.9. The first kappa shape index (κ1) is 15.7. The lowest BCUT2D eigenvalue weighted by atomic mass is 10.1. The fraction of sp³-hybridized carbons (Fsp3) is 0.188. The minimum atomic E-state index is -0.0637. The minimum absolute atomic E-state index is 0.0637. The molecule has 0 fully saturated rings. The molecule has 0 unspecified atom stereocenters. The number of anilines is 1. The second-order valence-electron chi connectivity index (χ2n) is 4.51. The third-order valence-electron chi connectivity index (χ3n) is 3.01. The van der Waals surface area contributed by atoms with Crippen LogP contribution >= 0.6 is 23.2 Å². The van der Waals surface area contributed by atoms with Crippen LogP contribution in [0.3, 0.4) is 0 Å². The molecule has 21 heavy (non-hydrogen) atoms. The Bertz CT molecular complexity index is 627. The first-order valence-electron chi connectivity index (χ1n) is 6.46. The summed E-state index contributed by atoms with van der Waals surface area (Å²) < 4.78 is 5.06. The number of hydrogen-bond donors (Lipinski definition) is 1. The van der Waals surface area contributed by atoms with Gasteiger partial charge in [0.25, 0.3) is 0 Å². The summed E-state index contributed by atoms with van der Waals surface area (Å²) in [6.45, 7) is 0. The Balaban J connectivity index is 1.89. The molecule has 0 radical (unpaired) electrons. The Labute approximate surface area is 133 Å². The van der Waals surface area contributed by atoms with Crippen LogP contribution in [0.25, 0.3) is 0 Å².